The van der Waals surface area contributed by atoms with Crippen LogP contribution in [0.2, 0.25) is 0 Å². The topological polar surface area (TPSA) is 92.7 Å². The highest BCUT2D eigenvalue weighted by Crippen LogP contribution is 2.48. The molecular formula is C45H46F2O8. The first-order valence-corrected chi connectivity index (χ1v) is 18.4. The fourth-order valence-electron chi connectivity index (χ4n) is 6.56. The maximum absolute atomic E-state index is 17.3. The van der Waals surface area contributed by atoms with E-state index in [0.29, 0.717) is 11.1 Å². The Morgan fingerprint density at radius 3 is 1.44 bits per heavy atom. The van der Waals surface area contributed by atoms with E-state index in [9.17, 15) is 9.90 Å². The van der Waals surface area contributed by atoms with Crippen LogP contribution in [-0.2, 0) is 66.3 Å². The minimum Gasteiger partial charge on any atom is -0.481 e. The van der Waals surface area contributed by atoms with Crippen LogP contribution in [0.15, 0.2) is 152 Å². The second-order valence-corrected chi connectivity index (χ2v) is 13.4. The Morgan fingerprint density at radius 1 is 0.582 bits per heavy atom. The molecule has 5 aromatic carbocycles. The zero-order valence-corrected chi connectivity index (χ0v) is 30.5. The first kappa shape index (κ1) is 39.9. The first-order chi connectivity index (χ1) is 26.8. The van der Waals surface area contributed by atoms with E-state index in [0.717, 1.165) is 16.7 Å². The highest BCUT2D eigenvalue weighted by molar-refractivity contribution is 5.66. The summed E-state index contributed by atoms with van der Waals surface area (Å²) in [6.07, 6.45) is -6.99. The number of carboxylic acid groups (broad SMARTS) is 1. The van der Waals surface area contributed by atoms with Crippen molar-refractivity contribution in [2.75, 3.05) is 6.61 Å². The summed E-state index contributed by atoms with van der Waals surface area (Å²) in [4.78, 5) is 11.8. The molecule has 5 aromatic rings. The molecule has 1 saturated heterocycles. The van der Waals surface area contributed by atoms with Gasteiger partial charge < -0.3 is 33.5 Å². The summed E-state index contributed by atoms with van der Waals surface area (Å²) < 4.78 is 73.7. The van der Waals surface area contributed by atoms with E-state index in [-0.39, 0.29) is 39.6 Å². The second-order valence-electron chi connectivity index (χ2n) is 13.4. The van der Waals surface area contributed by atoms with Gasteiger partial charge in [-0.25, -0.2) is 8.78 Å². The lowest BCUT2D eigenvalue weighted by Crippen LogP contribution is -2.73. The SMILES string of the molecule is O=C(O)CCC(F)(F)[C@]1(OCc2ccccc2)O[C@H](COCc2ccccc2)[C@H](OCc2ccccc2)[C@H](OCc2ccccc2)[C@H]1OCc1ccccc1. The van der Waals surface area contributed by atoms with Crippen LogP contribution in [0.1, 0.15) is 40.7 Å². The third-order valence-corrected chi connectivity index (χ3v) is 9.38. The van der Waals surface area contributed by atoms with Gasteiger partial charge in [0, 0.05) is 6.42 Å². The number of alkyl halides is 2. The summed E-state index contributed by atoms with van der Waals surface area (Å²) in [6, 6.07) is 46.3. The van der Waals surface area contributed by atoms with Gasteiger partial charge >= 0.3 is 11.9 Å². The molecule has 0 bridgehead atoms. The molecule has 5 atom stereocenters. The molecule has 0 spiro atoms. The van der Waals surface area contributed by atoms with Gasteiger partial charge in [0.2, 0.25) is 0 Å². The van der Waals surface area contributed by atoms with E-state index < -0.39 is 54.9 Å². The molecule has 0 unspecified atom stereocenters. The second kappa shape index (κ2) is 19.7. The monoisotopic (exact) mass is 752 g/mol. The number of rotatable bonds is 20. The predicted molar refractivity (Wildman–Crippen MR) is 202 cm³/mol. The van der Waals surface area contributed by atoms with Gasteiger partial charge in [0.05, 0.1) is 46.1 Å². The highest BCUT2D eigenvalue weighted by Gasteiger charge is 2.69. The lowest BCUT2D eigenvalue weighted by Gasteiger charge is -2.54. The smallest absolute Gasteiger partial charge is 0.304 e. The van der Waals surface area contributed by atoms with Crippen molar-refractivity contribution in [3.63, 3.8) is 0 Å². The molecule has 0 saturated carbocycles. The van der Waals surface area contributed by atoms with E-state index >= 15 is 8.78 Å². The molecule has 6 rings (SSSR count). The van der Waals surface area contributed by atoms with Crippen LogP contribution in [0, 0.1) is 0 Å². The molecule has 1 heterocycles. The largest absolute Gasteiger partial charge is 0.481 e. The van der Waals surface area contributed by atoms with Crippen LogP contribution < -0.4 is 0 Å². The number of carbonyl (C=O) groups is 1. The van der Waals surface area contributed by atoms with Gasteiger partial charge in [-0.05, 0) is 27.8 Å². The average Bonchev–Trinajstić information content (AvgIpc) is 3.22. The Bertz CT molecular complexity index is 1850. The zero-order chi connectivity index (χ0) is 38.4. The van der Waals surface area contributed by atoms with E-state index in [1.54, 1.807) is 24.3 Å². The number of benzene rings is 5. The van der Waals surface area contributed by atoms with Crippen LogP contribution in [0.25, 0.3) is 0 Å². The molecule has 288 valence electrons. The number of hydrogen-bond acceptors (Lipinski definition) is 7. The van der Waals surface area contributed by atoms with Gasteiger partial charge in [0.25, 0.3) is 5.79 Å². The zero-order valence-electron chi connectivity index (χ0n) is 30.5. The summed E-state index contributed by atoms with van der Waals surface area (Å²) >= 11 is 0. The van der Waals surface area contributed by atoms with Gasteiger partial charge in [0.1, 0.15) is 24.4 Å². The number of aliphatic carboxylic acids is 1. The molecule has 1 N–H and O–H groups in total. The molecule has 1 aliphatic rings. The lowest BCUT2D eigenvalue weighted by molar-refractivity contribution is -0.439. The van der Waals surface area contributed by atoms with Gasteiger partial charge in [-0.2, -0.15) is 0 Å². The third kappa shape index (κ3) is 10.9. The average molecular weight is 753 g/mol. The fourth-order valence-corrected chi connectivity index (χ4v) is 6.56. The number of ether oxygens (including phenoxy) is 6. The number of hydrogen-bond donors (Lipinski definition) is 1. The lowest BCUT2D eigenvalue weighted by atomic mass is 9.86. The maximum atomic E-state index is 17.3. The van der Waals surface area contributed by atoms with Crippen LogP contribution in [0.3, 0.4) is 0 Å². The third-order valence-electron chi connectivity index (χ3n) is 9.38. The summed E-state index contributed by atoms with van der Waals surface area (Å²) in [5.74, 6) is -8.17. The minimum atomic E-state index is -3.92. The minimum absolute atomic E-state index is 0.0228. The standard InChI is InChI=1S/C45H46F2O8/c46-44(47,27-26-40(48)49)45(54-32-38-24-14-5-15-25-38)43(53-31-37-22-12-4-13-23-37)42(52-30-36-20-10-3-11-21-36)41(51-29-35-18-8-2-9-19-35)39(55-45)33-50-28-34-16-6-1-7-17-34/h1-25,39,41-43H,26-33H2,(H,48,49)/t39-,41+,42+,43-,45-/m1/s1. The number of halogens is 2. The van der Waals surface area contributed by atoms with E-state index in [4.69, 9.17) is 28.4 Å². The summed E-state index contributed by atoms with van der Waals surface area (Å²) in [5, 5.41) is 9.63. The Hall–Kier alpha value is -4.81. The maximum Gasteiger partial charge on any atom is 0.304 e. The van der Waals surface area contributed by atoms with E-state index in [1.165, 1.54) is 0 Å². The molecule has 0 aromatic heterocycles. The van der Waals surface area contributed by atoms with E-state index in [2.05, 4.69) is 0 Å². The van der Waals surface area contributed by atoms with Crippen LogP contribution >= 0.6 is 0 Å². The van der Waals surface area contributed by atoms with Crippen molar-refractivity contribution in [2.45, 2.75) is 82.0 Å². The normalized spacial score (nSPS) is 21.3. The van der Waals surface area contributed by atoms with Crippen LogP contribution in [0.5, 0.6) is 0 Å². The fraction of sp³-hybridized carbons (Fsp3) is 0.311. The molecule has 0 aliphatic carbocycles. The molecule has 55 heavy (non-hydrogen) atoms. The Morgan fingerprint density at radius 2 is 0.982 bits per heavy atom. The quantitative estimate of drug-likeness (QED) is 0.0844. The summed E-state index contributed by atoms with van der Waals surface area (Å²) in [6.45, 7) is -0.290. The van der Waals surface area contributed by atoms with Crippen molar-refractivity contribution in [2.24, 2.45) is 0 Å². The number of carboxylic acids is 1. The Labute approximate surface area is 320 Å². The highest BCUT2D eigenvalue weighted by atomic mass is 19.3. The van der Waals surface area contributed by atoms with Gasteiger partial charge in [-0.15, -0.1) is 0 Å². The molecule has 8 nitrogen and oxygen atoms in total. The van der Waals surface area contributed by atoms with Gasteiger partial charge in [0.15, 0.2) is 0 Å². The molecule has 0 radical (unpaired) electrons. The molecule has 0 amide bonds. The van der Waals surface area contributed by atoms with Crippen molar-refractivity contribution in [1.82, 2.24) is 0 Å². The predicted octanol–water partition coefficient (Wildman–Crippen LogP) is 8.77. The Balaban J connectivity index is 1.46. The van der Waals surface area contributed by atoms with Crippen molar-refractivity contribution in [3.05, 3.63) is 179 Å². The van der Waals surface area contributed by atoms with Crippen molar-refractivity contribution < 1.29 is 47.1 Å². The molecule has 10 heteroatoms. The van der Waals surface area contributed by atoms with Crippen molar-refractivity contribution >= 4 is 5.97 Å². The first-order valence-electron chi connectivity index (χ1n) is 18.4. The van der Waals surface area contributed by atoms with E-state index in [1.807, 2.05) is 127 Å². The Kier molecular flexibility index (Phi) is 14.3. The van der Waals surface area contributed by atoms with Crippen LogP contribution in [0.4, 0.5) is 8.78 Å². The summed E-state index contributed by atoms with van der Waals surface area (Å²) in [7, 11) is 0. The van der Waals surface area contributed by atoms with Crippen molar-refractivity contribution in [1.29, 1.82) is 0 Å². The summed E-state index contributed by atoms with van der Waals surface area (Å²) in [5.41, 5.74) is 3.83. The van der Waals surface area contributed by atoms with Gasteiger partial charge in [-0.3, -0.25) is 4.79 Å². The molecular weight excluding hydrogens is 706 g/mol. The van der Waals surface area contributed by atoms with Gasteiger partial charge in [-0.1, -0.05) is 152 Å². The molecule has 1 aliphatic heterocycles. The molecule has 1 fully saturated rings. The van der Waals surface area contributed by atoms with Crippen molar-refractivity contribution in [3.8, 4) is 0 Å². The van der Waals surface area contributed by atoms with Crippen LogP contribution in [-0.4, -0.2) is 53.8 Å².